The molecule has 0 saturated carbocycles. The molecule has 8 rings (SSSR count). The molecular weight excluding hydrogens is 705 g/mol. The third-order valence-electron chi connectivity index (χ3n) is 11.5. The lowest BCUT2D eigenvalue weighted by molar-refractivity contribution is -0.670. The fourth-order valence-electron chi connectivity index (χ4n) is 8.16. The molecule has 4 heterocycles. The minimum Gasteiger partial charge on any atom is -0.439 e. The summed E-state index contributed by atoms with van der Waals surface area (Å²) in [5.74, 6) is 3.46. The maximum absolute atomic E-state index is 6.23. The molecule has 0 radical (unpaired) electrons. The summed E-state index contributed by atoms with van der Waals surface area (Å²) >= 11 is 0. The van der Waals surface area contributed by atoms with Gasteiger partial charge in [-0.15, -0.1) is 0 Å². The molecule has 2 aliphatic heterocycles. The summed E-state index contributed by atoms with van der Waals surface area (Å²) in [4.78, 5) is 4.23. The highest BCUT2D eigenvalue weighted by Crippen LogP contribution is 2.39. The number of aromatic nitrogens is 2. The topological polar surface area (TPSA) is 38.7 Å². The summed E-state index contributed by atoms with van der Waals surface area (Å²) < 4.78 is 21.9. The largest absolute Gasteiger partial charge is 0.439 e. The molecule has 0 saturated heterocycles. The van der Waals surface area contributed by atoms with Crippen LogP contribution in [-0.4, -0.2) is 62.9 Å². The first-order valence-electron chi connectivity index (χ1n) is 20.1. The van der Waals surface area contributed by atoms with Crippen molar-refractivity contribution in [2.75, 3.05) is 52.1 Å². The van der Waals surface area contributed by atoms with Crippen molar-refractivity contribution in [2.24, 2.45) is 0 Å². The normalized spacial score (nSPS) is 14.6. The van der Waals surface area contributed by atoms with Gasteiger partial charge in [-0.1, -0.05) is 48.5 Å². The van der Waals surface area contributed by atoms with E-state index in [4.69, 9.17) is 9.47 Å². The predicted octanol–water partition coefficient (Wildman–Crippen LogP) is 8.30. The van der Waals surface area contributed by atoms with Gasteiger partial charge in [-0.2, -0.15) is 9.13 Å². The molecule has 57 heavy (non-hydrogen) atoms. The Labute approximate surface area is 336 Å². The van der Waals surface area contributed by atoms with Crippen molar-refractivity contribution < 1.29 is 27.8 Å². The predicted molar refractivity (Wildman–Crippen MR) is 233 cm³/mol. The molecule has 0 spiro atoms. The van der Waals surface area contributed by atoms with Crippen molar-refractivity contribution in [2.45, 2.75) is 45.2 Å². The van der Waals surface area contributed by atoms with Gasteiger partial charge in [-0.25, -0.2) is 9.15 Å². The van der Waals surface area contributed by atoms with E-state index >= 15 is 0 Å². The highest BCUT2D eigenvalue weighted by molar-refractivity contribution is 5.88. The van der Waals surface area contributed by atoms with Crippen LogP contribution in [0.4, 0.5) is 11.4 Å². The zero-order valence-corrected chi connectivity index (χ0v) is 34.2. The standard InChI is InChI=1S/C49H54N6O2/c1-50(2)38(28-32-54-30-26-36(40-18-7-9-20-42(40)54)34-48-52(5)44-22-11-13-24-46(44)56-48)16-15-17-39(51(3)4)29-33-55-31-27-37(41-19-8-10-21-43(41)55)35-49-53(6)45-23-12-14-25-47(45)57-49/h7-14,18-27,30-31,34-35H,15-17,28-29,32-33H2,1-6H3/q+4. The number of benzene rings is 4. The number of hydrogen-bond acceptors (Lipinski definition) is 4. The van der Waals surface area contributed by atoms with E-state index in [9.17, 15) is 0 Å². The smallest absolute Gasteiger partial charge is 0.213 e. The van der Waals surface area contributed by atoms with Crippen LogP contribution in [0.5, 0.6) is 11.5 Å². The maximum atomic E-state index is 6.23. The third-order valence-corrected chi connectivity index (χ3v) is 11.5. The molecule has 0 atom stereocenters. The molecule has 0 amide bonds. The second-order valence-electron chi connectivity index (χ2n) is 15.5. The van der Waals surface area contributed by atoms with Gasteiger partial charge in [0.05, 0.1) is 35.0 Å². The number of ether oxygens (including phenoxy) is 2. The van der Waals surface area contributed by atoms with Gasteiger partial charge in [0.2, 0.25) is 22.8 Å². The lowest BCUT2D eigenvalue weighted by atomic mass is 10.0. The Bertz CT molecular complexity index is 2420. The number of para-hydroxylation sites is 6. The number of aryl methyl sites for hydroxylation is 2. The number of anilines is 2. The molecule has 2 aliphatic rings. The van der Waals surface area contributed by atoms with E-state index in [1.807, 2.05) is 36.4 Å². The fourth-order valence-corrected chi connectivity index (χ4v) is 8.16. The first-order chi connectivity index (χ1) is 27.7. The summed E-state index contributed by atoms with van der Waals surface area (Å²) in [6, 6.07) is 38.2. The van der Waals surface area contributed by atoms with E-state index in [2.05, 4.69) is 168 Å². The molecule has 6 aromatic rings. The SMILES string of the molecule is CN1C(=Cc2cc[n+](CCC(CCCC(CC[n+]3ccc(C=C4Oc5ccccc5N4C)c4ccccc43)=[N+](C)C)=[N+](C)C)c3ccccc23)Oc2ccccc21. The third kappa shape index (κ3) is 7.90. The molecule has 0 N–H and O–H groups in total. The van der Waals surface area contributed by atoms with E-state index < -0.39 is 0 Å². The van der Waals surface area contributed by atoms with Crippen LogP contribution in [0.1, 0.15) is 43.2 Å². The monoisotopic (exact) mass is 758 g/mol. The number of nitrogens with zero attached hydrogens (tertiary/aromatic N) is 6. The Hall–Kier alpha value is -6.28. The summed E-state index contributed by atoms with van der Waals surface area (Å²) in [6.45, 7) is 1.84. The van der Waals surface area contributed by atoms with Crippen molar-refractivity contribution >= 4 is 56.8 Å². The Morgan fingerprint density at radius 3 is 1.35 bits per heavy atom. The van der Waals surface area contributed by atoms with Crippen LogP contribution >= 0.6 is 0 Å². The van der Waals surface area contributed by atoms with Crippen molar-refractivity contribution in [3.8, 4) is 11.5 Å². The van der Waals surface area contributed by atoms with Crippen LogP contribution in [0.2, 0.25) is 0 Å². The maximum Gasteiger partial charge on any atom is 0.213 e. The van der Waals surface area contributed by atoms with Gasteiger partial charge in [0.15, 0.2) is 48.4 Å². The summed E-state index contributed by atoms with van der Waals surface area (Å²) in [5, 5.41) is 2.44. The molecule has 0 unspecified atom stereocenters. The van der Waals surface area contributed by atoms with Gasteiger partial charge in [0.1, 0.15) is 28.2 Å². The minimum absolute atomic E-state index is 0.837. The number of fused-ring (bicyclic) bond motifs is 4. The molecule has 4 aromatic carbocycles. The molecular formula is C49H54N6O2+4. The van der Waals surface area contributed by atoms with Crippen LogP contribution in [-0.2, 0) is 13.1 Å². The second kappa shape index (κ2) is 16.4. The van der Waals surface area contributed by atoms with Crippen LogP contribution < -0.4 is 28.4 Å². The highest BCUT2D eigenvalue weighted by Gasteiger charge is 2.25. The van der Waals surface area contributed by atoms with E-state index in [-0.39, 0.29) is 0 Å². The van der Waals surface area contributed by atoms with E-state index in [0.29, 0.717) is 0 Å². The zero-order valence-electron chi connectivity index (χ0n) is 34.2. The number of pyridine rings is 2. The Morgan fingerprint density at radius 1 is 0.526 bits per heavy atom. The zero-order chi connectivity index (χ0) is 39.5. The van der Waals surface area contributed by atoms with Crippen LogP contribution in [0.15, 0.2) is 133 Å². The Morgan fingerprint density at radius 2 is 0.930 bits per heavy atom. The lowest BCUT2D eigenvalue weighted by Gasteiger charge is -2.12. The lowest BCUT2D eigenvalue weighted by Crippen LogP contribution is -2.36. The highest BCUT2D eigenvalue weighted by atomic mass is 16.5. The van der Waals surface area contributed by atoms with Gasteiger partial charge in [-0.05, 0) is 53.9 Å². The Kier molecular flexibility index (Phi) is 10.9. The van der Waals surface area contributed by atoms with Crippen molar-refractivity contribution in [3.63, 3.8) is 0 Å². The molecule has 0 fully saturated rings. The van der Waals surface area contributed by atoms with Gasteiger partial charge < -0.3 is 19.3 Å². The van der Waals surface area contributed by atoms with Gasteiger partial charge in [0.25, 0.3) is 0 Å². The molecule has 8 heteroatoms. The summed E-state index contributed by atoms with van der Waals surface area (Å²) in [7, 11) is 12.9. The molecule has 0 bridgehead atoms. The second-order valence-corrected chi connectivity index (χ2v) is 15.5. The Balaban J connectivity index is 0.907. The summed E-state index contributed by atoms with van der Waals surface area (Å²) in [5.41, 5.74) is 9.87. The molecule has 2 aromatic heterocycles. The van der Waals surface area contributed by atoms with E-state index in [1.54, 1.807) is 0 Å². The first kappa shape index (κ1) is 37.6. The van der Waals surface area contributed by atoms with E-state index in [1.165, 1.54) is 33.2 Å². The van der Waals surface area contributed by atoms with Crippen LogP contribution in [0, 0.1) is 0 Å². The number of hydrogen-bond donors (Lipinski definition) is 0. The minimum atomic E-state index is 0.837. The summed E-state index contributed by atoms with van der Waals surface area (Å²) in [6.07, 6.45) is 14.0. The number of rotatable bonds is 12. The van der Waals surface area contributed by atoms with Gasteiger partial charge in [0, 0.05) is 63.4 Å². The average molecular weight is 759 g/mol. The van der Waals surface area contributed by atoms with Crippen molar-refractivity contribution in [3.05, 3.63) is 144 Å². The van der Waals surface area contributed by atoms with Crippen LogP contribution in [0.25, 0.3) is 34.0 Å². The van der Waals surface area contributed by atoms with Gasteiger partial charge in [-0.3, -0.25) is 0 Å². The molecule has 288 valence electrons. The quantitative estimate of drug-likeness (QED) is 0.0931. The first-order valence-corrected chi connectivity index (χ1v) is 20.1. The van der Waals surface area contributed by atoms with Crippen molar-refractivity contribution in [1.82, 2.24) is 0 Å². The average Bonchev–Trinajstić information content (AvgIpc) is 3.72. The van der Waals surface area contributed by atoms with Crippen molar-refractivity contribution in [1.29, 1.82) is 0 Å². The fraction of sp³-hybridized carbons (Fsp3) is 0.265. The van der Waals surface area contributed by atoms with E-state index in [0.717, 1.165) is 91.0 Å². The van der Waals surface area contributed by atoms with Gasteiger partial charge >= 0.3 is 0 Å². The van der Waals surface area contributed by atoms with Crippen LogP contribution in [0.3, 0.4) is 0 Å². The molecule has 8 nitrogen and oxygen atoms in total. The molecule has 0 aliphatic carbocycles.